The van der Waals surface area contributed by atoms with Crippen LogP contribution in [0, 0.1) is 0 Å². The second-order valence-electron chi connectivity index (χ2n) is 4.34. The Morgan fingerprint density at radius 3 is 2.48 bits per heavy atom. The lowest BCUT2D eigenvalue weighted by atomic mass is 10.2. The molecule has 0 amide bonds. The van der Waals surface area contributed by atoms with Crippen LogP contribution in [-0.2, 0) is 0 Å². The first-order valence-electron chi connectivity index (χ1n) is 6.16. The van der Waals surface area contributed by atoms with Gasteiger partial charge in [-0.15, -0.1) is 0 Å². The standard InChI is InChI=1S/C14H11N5O2/c15-14-18-11-10(13(21)19-14)16-9(12(20)17-11)7-6-8-4-2-1-3-5-8/h1-7H,(H4,15,17,18,19,20,21)/b7-6+. The maximum atomic E-state index is 11.9. The molecule has 0 fully saturated rings. The Bertz CT molecular complexity index is 941. The summed E-state index contributed by atoms with van der Waals surface area (Å²) in [4.78, 5) is 36.4. The maximum absolute atomic E-state index is 11.9. The summed E-state index contributed by atoms with van der Waals surface area (Å²) in [6, 6.07) is 9.44. The smallest absolute Gasteiger partial charge is 0.280 e. The molecular weight excluding hydrogens is 270 g/mol. The predicted octanol–water partition coefficient (Wildman–Crippen LogP) is 0.759. The van der Waals surface area contributed by atoms with Crippen LogP contribution in [0.4, 0.5) is 5.95 Å². The summed E-state index contributed by atoms with van der Waals surface area (Å²) in [5.74, 6) is -0.0717. The lowest BCUT2D eigenvalue weighted by Crippen LogP contribution is -2.19. The Balaban J connectivity index is 2.12. The van der Waals surface area contributed by atoms with Crippen molar-refractivity contribution in [3.8, 4) is 0 Å². The van der Waals surface area contributed by atoms with Gasteiger partial charge in [0.1, 0.15) is 5.69 Å². The molecule has 4 N–H and O–H groups in total. The van der Waals surface area contributed by atoms with Gasteiger partial charge in [-0.2, -0.15) is 4.98 Å². The zero-order chi connectivity index (χ0) is 14.8. The number of hydrogen-bond donors (Lipinski definition) is 3. The number of H-pyrrole nitrogens is 2. The van der Waals surface area contributed by atoms with E-state index in [2.05, 4.69) is 19.9 Å². The van der Waals surface area contributed by atoms with E-state index in [1.807, 2.05) is 30.3 Å². The minimum absolute atomic E-state index is 0.0384. The van der Waals surface area contributed by atoms with Crippen LogP contribution >= 0.6 is 0 Å². The average Bonchev–Trinajstić information content (AvgIpc) is 2.46. The fourth-order valence-electron chi connectivity index (χ4n) is 1.87. The molecule has 0 saturated heterocycles. The molecule has 0 unspecified atom stereocenters. The van der Waals surface area contributed by atoms with Crippen LogP contribution < -0.4 is 16.9 Å². The van der Waals surface area contributed by atoms with Crippen LogP contribution in [-0.4, -0.2) is 19.9 Å². The van der Waals surface area contributed by atoms with Crippen LogP contribution in [0.2, 0.25) is 0 Å². The van der Waals surface area contributed by atoms with Gasteiger partial charge in [0.25, 0.3) is 11.1 Å². The SMILES string of the molecule is Nc1nc2[nH]c(=O)c(/C=C/c3ccccc3)nc2c(=O)[nH]1. The molecule has 3 rings (SSSR count). The van der Waals surface area contributed by atoms with E-state index < -0.39 is 11.1 Å². The van der Waals surface area contributed by atoms with E-state index in [4.69, 9.17) is 5.73 Å². The van der Waals surface area contributed by atoms with Crippen LogP contribution in [0.3, 0.4) is 0 Å². The van der Waals surface area contributed by atoms with Gasteiger partial charge in [0, 0.05) is 0 Å². The van der Waals surface area contributed by atoms with Gasteiger partial charge in [-0.1, -0.05) is 36.4 Å². The van der Waals surface area contributed by atoms with Crippen molar-refractivity contribution >= 4 is 29.3 Å². The summed E-state index contributed by atoms with van der Waals surface area (Å²) in [5, 5.41) is 0. The quantitative estimate of drug-likeness (QED) is 0.641. The van der Waals surface area contributed by atoms with Gasteiger partial charge in [-0.05, 0) is 11.6 Å². The fraction of sp³-hybridized carbons (Fsp3) is 0. The van der Waals surface area contributed by atoms with Gasteiger partial charge >= 0.3 is 0 Å². The monoisotopic (exact) mass is 281 g/mol. The molecule has 7 heteroatoms. The molecule has 0 saturated carbocycles. The first-order valence-corrected chi connectivity index (χ1v) is 6.16. The molecule has 0 aliphatic heterocycles. The molecule has 7 nitrogen and oxygen atoms in total. The summed E-state index contributed by atoms with van der Waals surface area (Å²) in [7, 11) is 0. The van der Waals surface area contributed by atoms with Crippen molar-refractivity contribution < 1.29 is 0 Å². The highest BCUT2D eigenvalue weighted by atomic mass is 16.1. The van der Waals surface area contributed by atoms with E-state index in [1.54, 1.807) is 12.2 Å². The number of rotatable bonds is 2. The molecule has 104 valence electrons. The van der Waals surface area contributed by atoms with Crippen molar-refractivity contribution in [3.05, 3.63) is 62.3 Å². The van der Waals surface area contributed by atoms with Crippen LogP contribution in [0.15, 0.2) is 39.9 Å². The van der Waals surface area contributed by atoms with Crippen LogP contribution in [0.5, 0.6) is 0 Å². The largest absolute Gasteiger partial charge is 0.369 e. The van der Waals surface area contributed by atoms with Gasteiger partial charge in [-0.25, -0.2) is 4.98 Å². The highest BCUT2D eigenvalue weighted by molar-refractivity contribution is 5.73. The Morgan fingerprint density at radius 2 is 1.71 bits per heavy atom. The summed E-state index contributed by atoms with van der Waals surface area (Å²) in [6.45, 7) is 0. The molecule has 2 aromatic heterocycles. The molecule has 0 spiro atoms. The number of fused-ring (bicyclic) bond motifs is 1. The molecule has 3 aromatic rings. The van der Waals surface area contributed by atoms with Gasteiger partial charge in [0.15, 0.2) is 11.2 Å². The van der Waals surface area contributed by atoms with E-state index in [1.165, 1.54) is 0 Å². The number of nitrogens with two attached hydrogens (primary N) is 1. The predicted molar refractivity (Wildman–Crippen MR) is 80.6 cm³/mol. The van der Waals surface area contributed by atoms with Gasteiger partial charge in [0.2, 0.25) is 5.95 Å². The fourth-order valence-corrected chi connectivity index (χ4v) is 1.87. The molecule has 0 bridgehead atoms. The summed E-state index contributed by atoms with van der Waals surface area (Å²) < 4.78 is 0. The van der Waals surface area contributed by atoms with Crippen molar-refractivity contribution in [1.29, 1.82) is 0 Å². The lowest BCUT2D eigenvalue weighted by molar-refractivity contribution is 1.09. The van der Waals surface area contributed by atoms with Crippen molar-refractivity contribution in [1.82, 2.24) is 19.9 Å². The number of aromatic nitrogens is 4. The van der Waals surface area contributed by atoms with Crippen LogP contribution in [0.1, 0.15) is 11.3 Å². The van der Waals surface area contributed by atoms with Crippen molar-refractivity contribution in [3.63, 3.8) is 0 Å². The topological polar surface area (TPSA) is 118 Å². The zero-order valence-corrected chi connectivity index (χ0v) is 10.8. The number of anilines is 1. The van der Waals surface area contributed by atoms with E-state index in [0.717, 1.165) is 5.56 Å². The number of benzene rings is 1. The average molecular weight is 281 g/mol. The van der Waals surface area contributed by atoms with Gasteiger partial charge < -0.3 is 10.7 Å². The number of hydrogen-bond acceptors (Lipinski definition) is 5. The Hall–Kier alpha value is -3.22. The van der Waals surface area contributed by atoms with Crippen molar-refractivity contribution in [2.75, 3.05) is 5.73 Å². The van der Waals surface area contributed by atoms with E-state index in [0.29, 0.717) is 0 Å². The minimum Gasteiger partial charge on any atom is -0.369 e. The first-order chi connectivity index (χ1) is 10.1. The van der Waals surface area contributed by atoms with Crippen molar-refractivity contribution in [2.45, 2.75) is 0 Å². The number of aromatic amines is 2. The lowest BCUT2D eigenvalue weighted by Gasteiger charge is -1.99. The van der Waals surface area contributed by atoms with Crippen molar-refractivity contribution in [2.24, 2.45) is 0 Å². The third-order valence-electron chi connectivity index (χ3n) is 2.84. The van der Waals surface area contributed by atoms with Gasteiger partial charge in [-0.3, -0.25) is 14.6 Å². The molecular formula is C14H11N5O2. The van der Waals surface area contributed by atoms with E-state index in [9.17, 15) is 9.59 Å². The Kier molecular flexibility index (Phi) is 3.07. The second-order valence-corrected chi connectivity index (χ2v) is 4.34. The highest BCUT2D eigenvalue weighted by Crippen LogP contribution is 2.05. The number of nitrogens with one attached hydrogen (secondary N) is 2. The third-order valence-corrected chi connectivity index (χ3v) is 2.84. The summed E-state index contributed by atoms with van der Waals surface area (Å²) >= 11 is 0. The molecule has 1 aromatic carbocycles. The molecule has 0 aliphatic rings. The van der Waals surface area contributed by atoms with E-state index in [-0.39, 0.29) is 22.8 Å². The summed E-state index contributed by atoms with van der Waals surface area (Å²) in [5.41, 5.74) is 5.64. The number of nitrogens with zero attached hydrogens (tertiary/aromatic N) is 2. The number of nitrogen functional groups attached to an aromatic ring is 1. The zero-order valence-electron chi connectivity index (χ0n) is 10.8. The second kappa shape index (κ2) is 5.04. The maximum Gasteiger partial charge on any atom is 0.280 e. The molecule has 2 heterocycles. The normalized spacial score (nSPS) is 11.2. The summed E-state index contributed by atoms with van der Waals surface area (Å²) in [6.07, 6.45) is 3.28. The highest BCUT2D eigenvalue weighted by Gasteiger charge is 2.07. The molecule has 0 aliphatic carbocycles. The van der Waals surface area contributed by atoms with Crippen LogP contribution in [0.25, 0.3) is 23.3 Å². The Morgan fingerprint density at radius 1 is 0.952 bits per heavy atom. The molecule has 0 radical (unpaired) electrons. The molecule has 0 atom stereocenters. The third kappa shape index (κ3) is 2.57. The minimum atomic E-state index is -0.497. The first kappa shape index (κ1) is 12.8. The molecule has 21 heavy (non-hydrogen) atoms. The van der Waals surface area contributed by atoms with E-state index >= 15 is 0 Å². The Labute approximate surface area is 118 Å². The van der Waals surface area contributed by atoms with Gasteiger partial charge in [0.05, 0.1) is 0 Å².